The average molecular weight is 371 g/mol. The van der Waals surface area contributed by atoms with Gasteiger partial charge in [-0.3, -0.25) is 0 Å². The topological polar surface area (TPSA) is 61.5 Å². The molecule has 0 radical (unpaired) electrons. The summed E-state index contributed by atoms with van der Waals surface area (Å²) in [5, 5.41) is 0.281. The highest BCUT2D eigenvalue weighted by Gasteiger charge is 2.16. The maximum atomic E-state index is 12.2. The Morgan fingerprint density at radius 2 is 2.05 bits per heavy atom. The summed E-state index contributed by atoms with van der Waals surface area (Å²) in [5.74, 6) is -0.196. The quantitative estimate of drug-likeness (QED) is 0.651. The number of nitrogens with two attached hydrogens (primary N) is 1. The van der Waals surface area contributed by atoms with Gasteiger partial charge in [0.05, 0.1) is 17.8 Å². The summed E-state index contributed by atoms with van der Waals surface area (Å²) in [4.78, 5) is 12.2. The van der Waals surface area contributed by atoms with Crippen molar-refractivity contribution < 1.29 is 14.3 Å². The third kappa shape index (κ3) is 3.68. The molecule has 2 N–H and O–H groups in total. The van der Waals surface area contributed by atoms with Crippen LogP contribution in [-0.4, -0.2) is 13.1 Å². The van der Waals surface area contributed by atoms with Crippen molar-refractivity contribution in [3.63, 3.8) is 0 Å². The smallest absolute Gasteiger partial charge is 0.342 e. The molecule has 110 valence electrons. The lowest BCUT2D eigenvalue weighted by Gasteiger charge is -2.11. The molecule has 0 bridgehead atoms. The number of ether oxygens (including phenoxy) is 2. The van der Waals surface area contributed by atoms with Crippen molar-refractivity contribution in [2.24, 2.45) is 0 Å². The summed E-state index contributed by atoms with van der Waals surface area (Å²) in [5.41, 5.74) is 7.13. The molecule has 6 heteroatoms. The Balaban J connectivity index is 2.17. The zero-order valence-corrected chi connectivity index (χ0v) is 13.6. The number of hydrogen-bond donors (Lipinski definition) is 1. The molecule has 0 fully saturated rings. The molecule has 2 aromatic carbocycles. The number of halogens is 2. The summed E-state index contributed by atoms with van der Waals surface area (Å²) in [6, 6.07) is 10.4. The van der Waals surface area contributed by atoms with Gasteiger partial charge in [-0.1, -0.05) is 45.7 Å². The van der Waals surface area contributed by atoms with Gasteiger partial charge in [0.15, 0.2) is 0 Å². The number of nitrogen functional groups attached to an aromatic ring is 1. The Hall–Kier alpha value is -1.72. The lowest BCUT2D eigenvalue weighted by molar-refractivity contribution is 0.0468. The Kier molecular flexibility index (Phi) is 5.09. The monoisotopic (exact) mass is 369 g/mol. The Morgan fingerprint density at radius 1 is 1.33 bits per heavy atom. The molecule has 0 saturated heterocycles. The number of rotatable bonds is 4. The van der Waals surface area contributed by atoms with Gasteiger partial charge in [0.2, 0.25) is 0 Å². The number of carbonyl (C=O) groups is 1. The van der Waals surface area contributed by atoms with Gasteiger partial charge in [0, 0.05) is 16.1 Å². The molecule has 0 aliphatic heterocycles. The van der Waals surface area contributed by atoms with Crippen LogP contribution < -0.4 is 10.5 Å². The van der Waals surface area contributed by atoms with Crippen LogP contribution in [0.3, 0.4) is 0 Å². The predicted molar refractivity (Wildman–Crippen MR) is 85.7 cm³/mol. The van der Waals surface area contributed by atoms with E-state index in [4.69, 9.17) is 26.8 Å². The fraction of sp³-hybridized carbons (Fsp3) is 0.133. The lowest BCUT2D eigenvalue weighted by atomic mass is 10.2. The summed E-state index contributed by atoms with van der Waals surface area (Å²) in [6.07, 6.45) is 0. The van der Waals surface area contributed by atoms with Crippen LogP contribution in [0, 0.1) is 0 Å². The van der Waals surface area contributed by atoms with E-state index in [1.165, 1.54) is 19.2 Å². The molecular weight excluding hydrogens is 358 g/mol. The van der Waals surface area contributed by atoms with E-state index in [0.29, 0.717) is 11.4 Å². The standard InChI is InChI=1S/C15H13BrClNO3/c1-20-14-7-13(18)12(17)6-10(14)15(19)21-8-9-4-2-3-5-11(9)16/h2-7H,8,18H2,1H3. The summed E-state index contributed by atoms with van der Waals surface area (Å²) >= 11 is 9.33. The van der Waals surface area contributed by atoms with Crippen LogP contribution in [0.2, 0.25) is 5.02 Å². The fourth-order valence-electron chi connectivity index (χ4n) is 1.73. The van der Waals surface area contributed by atoms with Crippen LogP contribution in [0.15, 0.2) is 40.9 Å². The van der Waals surface area contributed by atoms with Crippen LogP contribution in [0.4, 0.5) is 5.69 Å². The highest BCUT2D eigenvalue weighted by Crippen LogP contribution is 2.29. The van der Waals surface area contributed by atoms with Crippen LogP contribution in [0.25, 0.3) is 0 Å². The molecule has 0 atom stereocenters. The largest absolute Gasteiger partial charge is 0.496 e. The summed E-state index contributed by atoms with van der Waals surface area (Å²) in [6.45, 7) is 0.144. The summed E-state index contributed by atoms with van der Waals surface area (Å²) in [7, 11) is 1.45. The van der Waals surface area contributed by atoms with Crippen molar-refractivity contribution in [2.75, 3.05) is 12.8 Å². The highest BCUT2D eigenvalue weighted by atomic mass is 79.9. The molecule has 0 aliphatic carbocycles. The Morgan fingerprint density at radius 3 is 2.71 bits per heavy atom. The first kappa shape index (κ1) is 15.7. The Labute approximate surface area is 135 Å². The minimum atomic E-state index is -0.524. The van der Waals surface area contributed by atoms with Crippen LogP contribution in [-0.2, 0) is 11.3 Å². The second-order valence-electron chi connectivity index (χ2n) is 4.24. The van der Waals surface area contributed by atoms with Crippen molar-refractivity contribution in [1.82, 2.24) is 0 Å². The second kappa shape index (κ2) is 6.83. The maximum Gasteiger partial charge on any atom is 0.342 e. The first-order chi connectivity index (χ1) is 10.0. The molecule has 2 rings (SSSR count). The molecule has 0 amide bonds. The average Bonchev–Trinajstić information content (AvgIpc) is 2.48. The van der Waals surface area contributed by atoms with Crippen molar-refractivity contribution in [3.05, 3.63) is 57.0 Å². The summed E-state index contributed by atoms with van der Waals surface area (Å²) < 4.78 is 11.3. The first-order valence-corrected chi connectivity index (χ1v) is 7.23. The molecule has 0 heterocycles. The molecule has 21 heavy (non-hydrogen) atoms. The molecule has 0 saturated carbocycles. The zero-order chi connectivity index (χ0) is 15.4. The van der Waals surface area contributed by atoms with Gasteiger partial charge < -0.3 is 15.2 Å². The van der Waals surface area contributed by atoms with E-state index in [1.807, 2.05) is 24.3 Å². The molecular formula is C15H13BrClNO3. The van der Waals surface area contributed by atoms with Crippen molar-refractivity contribution in [2.45, 2.75) is 6.61 Å². The van der Waals surface area contributed by atoms with E-state index in [-0.39, 0.29) is 17.2 Å². The van der Waals surface area contributed by atoms with Crippen molar-refractivity contribution in [1.29, 1.82) is 0 Å². The number of carbonyl (C=O) groups excluding carboxylic acids is 1. The van der Waals surface area contributed by atoms with Gasteiger partial charge in [-0.25, -0.2) is 4.79 Å². The van der Waals surface area contributed by atoms with E-state index >= 15 is 0 Å². The Bertz CT molecular complexity index is 676. The van der Waals surface area contributed by atoms with Gasteiger partial charge in [0.25, 0.3) is 0 Å². The lowest BCUT2D eigenvalue weighted by Crippen LogP contribution is -2.08. The molecule has 0 aromatic heterocycles. The number of anilines is 1. The van der Waals surface area contributed by atoms with Crippen LogP contribution in [0.5, 0.6) is 5.75 Å². The van der Waals surface area contributed by atoms with Crippen LogP contribution >= 0.6 is 27.5 Å². The van der Waals surface area contributed by atoms with E-state index in [9.17, 15) is 4.79 Å². The third-order valence-corrected chi connectivity index (χ3v) is 3.96. The zero-order valence-electron chi connectivity index (χ0n) is 11.2. The minimum Gasteiger partial charge on any atom is -0.496 e. The van der Waals surface area contributed by atoms with E-state index in [0.717, 1.165) is 10.0 Å². The number of benzene rings is 2. The third-order valence-electron chi connectivity index (χ3n) is 2.86. The number of hydrogen-bond acceptors (Lipinski definition) is 4. The van der Waals surface area contributed by atoms with Gasteiger partial charge in [-0.15, -0.1) is 0 Å². The van der Waals surface area contributed by atoms with E-state index in [1.54, 1.807) is 0 Å². The van der Waals surface area contributed by atoms with E-state index < -0.39 is 5.97 Å². The van der Waals surface area contributed by atoms with E-state index in [2.05, 4.69) is 15.9 Å². The molecule has 4 nitrogen and oxygen atoms in total. The van der Waals surface area contributed by atoms with Gasteiger partial charge in [-0.2, -0.15) is 0 Å². The van der Waals surface area contributed by atoms with Crippen molar-refractivity contribution >= 4 is 39.2 Å². The normalized spacial score (nSPS) is 10.2. The molecule has 0 unspecified atom stereocenters. The second-order valence-corrected chi connectivity index (χ2v) is 5.50. The van der Waals surface area contributed by atoms with Gasteiger partial charge in [-0.05, 0) is 12.1 Å². The number of esters is 1. The van der Waals surface area contributed by atoms with Gasteiger partial charge >= 0.3 is 5.97 Å². The predicted octanol–water partition coefficient (Wildman–Crippen LogP) is 4.05. The maximum absolute atomic E-state index is 12.2. The van der Waals surface area contributed by atoms with Crippen molar-refractivity contribution in [3.8, 4) is 5.75 Å². The first-order valence-electron chi connectivity index (χ1n) is 6.06. The fourth-order valence-corrected chi connectivity index (χ4v) is 2.30. The number of methoxy groups -OCH3 is 1. The molecule has 2 aromatic rings. The molecule has 0 spiro atoms. The molecule has 0 aliphatic rings. The van der Waals surface area contributed by atoms with Crippen LogP contribution in [0.1, 0.15) is 15.9 Å². The highest BCUT2D eigenvalue weighted by molar-refractivity contribution is 9.10. The SMILES string of the molecule is COc1cc(N)c(Cl)cc1C(=O)OCc1ccccc1Br. The van der Waals surface area contributed by atoms with Gasteiger partial charge in [0.1, 0.15) is 17.9 Å². The minimum absolute atomic E-state index is 0.144.